The molecule has 0 bridgehead atoms. The van der Waals surface area contributed by atoms with Gasteiger partial charge in [0.2, 0.25) is 0 Å². The second-order valence-corrected chi connectivity index (χ2v) is 3.64. The van der Waals surface area contributed by atoms with Crippen molar-refractivity contribution in [1.29, 1.82) is 0 Å². The van der Waals surface area contributed by atoms with E-state index in [1.54, 1.807) is 7.11 Å². The molecule has 0 aromatic rings. The normalized spacial score (nSPS) is 12.0. The van der Waals surface area contributed by atoms with E-state index in [0.717, 1.165) is 38.9 Å². The summed E-state index contributed by atoms with van der Waals surface area (Å²) in [5.74, 6) is 0. The van der Waals surface area contributed by atoms with Crippen LogP contribution in [-0.4, -0.2) is 32.5 Å². The van der Waals surface area contributed by atoms with Crippen LogP contribution in [0.3, 0.4) is 0 Å². The van der Waals surface area contributed by atoms with E-state index in [-0.39, 0.29) is 5.60 Å². The van der Waals surface area contributed by atoms with E-state index >= 15 is 0 Å². The zero-order chi connectivity index (χ0) is 10.9. The topological polar surface area (TPSA) is 44.5 Å². The standard InChI is InChI=1S/C11H25NO2/c1-4-11(5-2,10-12)14-9-7-6-8-13-3/h4-10,12H2,1-3H3. The summed E-state index contributed by atoms with van der Waals surface area (Å²) in [5.41, 5.74) is 5.63. The Morgan fingerprint density at radius 1 is 1.07 bits per heavy atom. The molecule has 0 saturated carbocycles. The van der Waals surface area contributed by atoms with Crippen LogP contribution in [-0.2, 0) is 9.47 Å². The Hall–Kier alpha value is -0.120. The molecule has 0 fully saturated rings. The van der Waals surface area contributed by atoms with Crippen molar-refractivity contribution >= 4 is 0 Å². The van der Waals surface area contributed by atoms with Crippen LogP contribution in [0.4, 0.5) is 0 Å². The Balaban J connectivity index is 3.61. The first-order valence-corrected chi connectivity index (χ1v) is 5.57. The minimum Gasteiger partial charge on any atom is -0.385 e. The number of unbranched alkanes of at least 4 members (excludes halogenated alkanes) is 1. The molecule has 0 amide bonds. The summed E-state index contributed by atoms with van der Waals surface area (Å²) >= 11 is 0. The summed E-state index contributed by atoms with van der Waals surface area (Å²) in [4.78, 5) is 0. The molecule has 0 saturated heterocycles. The molecule has 0 spiro atoms. The predicted molar refractivity (Wildman–Crippen MR) is 59.4 cm³/mol. The lowest BCUT2D eigenvalue weighted by atomic mass is 9.97. The third-order valence-corrected chi connectivity index (χ3v) is 2.81. The van der Waals surface area contributed by atoms with E-state index in [4.69, 9.17) is 15.2 Å². The van der Waals surface area contributed by atoms with Gasteiger partial charge in [0, 0.05) is 26.9 Å². The fourth-order valence-electron chi connectivity index (χ4n) is 1.44. The van der Waals surface area contributed by atoms with Crippen LogP contribution in [0.25, 0.3) is 0 Å². The van der Waals surface area contributed by atoms with Crippen LogP contribution in [0.1, 0.15) is 39.5 Å². The van der Waals surface area contributed by atoms with Crippen LogP contribution in [0, 0.1) is 0 Å². The maximum Gasteiger partial charge on any atom is 0.0798 e. The SMILES string of the molecule is CCC(CC)(CN)OCCCCOC. The van der Waals surface area contributed by atoms with Crippen molar-refractivity contribution in [3.05, 3.63) is 0 Å². The summed E-state index contributed by atoms with van der Waals surface area (Å²) in [6.45, 7) is 6.49. The minimum absolute atomic E-state index is 0.0902. The first-order chi connectivity index (χ1) is 6.74. The summed E-state index contributed by atoms with van der Waals surface area (Å²) < 4.78 is 10.8. The van der Waals surface area contributed by atoms with Crippen LogP contribution < -0.4 is 5.73 Å². The first-order valence-electron chi connectivity index (χ1n) is 5.57. The van der Waals surface area contributed by atoms with Crippen molar-refractivity contribution in [2.24, 2.45) is 5.73 Å². The van der Waals surface area contributed by atoms with E-state index in [0.29, 0.717) is 6.54 Å². The second-order valence-electron chi connectivity index (χ2n) is 3.64. The lowest BCUT2D eigenvalue weighted by Crippen LogP contribution is -2.39. The van der Waals surface area contributed by atoms with Gasteiger partial charge in [-0.15, -0.1) is 0 Å². The molecule has 0 aliphatic rings. The minimum atomic E-state index is -0.0902. The number of nitrogens with two attached hydrogens (primary N) is 1. The molecule has 0 aliphatic heterocycles. The van der Waals surface area contributed by atoms with Crippen LogP contribution in [0.15, 0.2) is 0 Å². The Kier molecular flexibility index (Phi) is 8.14. The highest BCUT2D eigenvalue weighted by Crippen LogP contribution is 2.19. The van der Waals surface area contributed by atoms with Crippen molar-refractivity contribution in [2.75, 3.05) is 26.9 Å². The summed E-state index contributed by atoms with van der Waals surface area (Å²) in [7, 11) is 1.73. The van der Waals surface area contributed by atoms with Gasteiger partial charge >= 0.3 is 0 Å². The van der Waals surface area contributed by atoms with Gasteiger partial charge in [-0.25, -0.2) is 0 Å². The molecule has 0 rings (SSSR count). The molecule has 0 aliphatic carbocycles. The zero-order valence-electron chi connectivity index (χ0n) is 9.84. The summed E-state index contributed by atoms with van der Waals surface area (Å²) in [5, 5.41) is 0. The summed E-state index contributed by atoms with van der Waals surface area (Å²) in [6.07, 6.45) is 4.09. The van der Waals surface area contributed by atoms with E-state index in [1.807, 2.05) is 0 Å². The molecule has 3 nitrogen and oxygen atoms in total. The molecule has 2 N–H and O–H groups in total. The maximum atomic E-state index is 5.84. The van der Waals surface area contributed by atoms with E-state index in [1.165, 1.54) is 0 Å². The van der Waals surface area contributed by atoms with Gasteiger partial charge in [-0.05, 0) is 25.7 Å². The Morgan fingerprint density at radius 2 is 1.64 bits per heavy atom. The third kappa shape index (κ3) is 4.94. The quantitative estimate of drug-likeness (QED) is 0.582. The molecule has 0 radical (unpaired) electrons. The van der Waals surface area contributed by atoms with Crippen molar-refractivity contribution in [3.63, 3.8) is 0 Å². The molecule has 86 valence electrons. The molecule has 0 atom stereocenters. The molecule has 0 heterocycles. The van der Waals surface area contributed by atoms with Crippen LogP contribution >= 0.6 is 0 Å². The van der Waals surface area contributed by atoms with Crippen molar-refractivity contribution < 1.29 is 9.47 Å². The van der Waals surface area contributed by atoms with Crippen molar-refractivity contribution in [1.82, 2.24) is 0 Å². The number of hydrogen-bond donors (Lipinski definition) is 1. The van der Waals surface area contributed by atoms with Crippen LogP contribution in [0.5, 0.6) is 0 Å². The maximum absolute atomic E-state index is 5.84. The van der Waals surface area contributed by atoms with Gasteiger partial charge in [0.05, 0.1) is 5.60 Å². The third-order valence-electron chi connectivity index (χ3n) is 2.81. The van der Waals surface area contributed by atoms with Gasteiger partial charge in [-0.2, -0.15) is 0 Å². The van der Waals surface area contributed by atoms with E-state index < -0.39 is 0 Å². The van der Waals surface area contributed by atoms with Crippen molar-refractivity contribution in [2.45, 2.75) is 45.1 Å². The lowest BCUT2D eigenvalue weighted by Gasteiger charge is -2.30. The monoisotopic (exact) mass is 203 g/mol. The molecule has 0 unspecified atom stereocenters. The lowest BCUT2D eigenvalue weighted by molar-refractivity contribution is -0.0468. The highest BCUT2D eigenvalue weighted by molar-refractivity contribution is 4.78. The fraction of sp³-hybridized carbons (Fsp3) is 1.00. The van der Waals surface area contributed by atoms with Gasteiger partial charge in [0.25, 0.3) is 0 Å². The molecular weight excluding hydrogens is 178 g/mol. The average Bonchev–Trinajstić information content (AvgIpc) is 2.24. The highest BCUT2D eigenvalue weighted by Gasteiger charge is 2.24. The van der Waals surface area contributed by atoms with Gasteiger partial charge in [-0.1, -0.05) is 13.8 Å². The van der Waals surface area contributed by atoms with E-state index in [2.05, 4.69) is 13.8 Å². The number of rotatable bonds is 9. The first kappa shape index (κ1) is 13.9. The Morgan fingerprint density at radius 3 is 2.07 bits per heavy atom. The van der Waals surface area contributed by atoms with Gasteiger partial charge in [0.1, 0.15) is 0 Å². The second kappa shape index (κ2) is 8.21. The number of hydrogen-bond acceptors (Lipinski definition) is 3. The summed E-state index contributed by atoms with van der Waals surface area (Å²) in [6, 6.07) is 0. The smallest absolute Gasteiger partial charge is 0.0798 e. The largest absolute Gasteiger partial charge is 0.385 e. The number of ether oxygens (including phenoxy) is 2. The number of methoxy groups -OCH3 is 1. The highest BCUT2D eigenvalue weighted by atomic mass is 16.5. The molecule has 0 aromatic carbocycles. The van der Waals surface area contributed by atoms with Crippen LogP contribution in [0.2, 0.25) is 0 Å². The fourth-order valence-corrected chi connectivity index (χ4v) is 1.44. The molecule has 0 aromatic heterocycles. The van der Waals surface area contributed by atoms with Crippen molar-refractivity contribution in [3.8, 4) is 0 Å². The molecule has 14 heavy (non-hydrogen) atoms. The Labute approximate surface area is 88.0 Å². The van der Waals surface area contributed by atoms with E-state index in [9.17, 15) is 0 Å². The van der Waals surface area contributed by atoms with Gasteiger partial charge < -0.3 is 15.2 Å². The molecular formula is C11H25NO2. The van der Waals surface area contributed by atoms with Gasteiger partial charge in [-0.3, -0.25) is 0 Å². The predicted octanol–water partition coefficient (Wildman–Crippen LogP) is 1.95. The average molecular weight is 203 g/mol. The molecule has 3 heteroatoms. The van der Waals surface area contributed by atoms with Gasteiger partial charge in [0.15, 0.2) is 0 Å². The zero-order valence-corrected chi connectivity index (χ0v) is 9.84. The Bertz CT molecular complexity index is 116.